The van der Waals surface area contributed by atoms with Gasteiger partial charge in [0.15, 0.2) is 0 Å². The van der Waals surface area contributed by atoms with E-state index in [1.54, 1.807) is 12.1 Å². The number of carboxylic acid groups (broad SMARTS) is 1. The molecule has 13 heteroatoms. The fourth-order valence-electron chi connectivity index (χ4n) is 5.79. The zero-order chi connectivity index (χ0) is 30.6. The van der Waals surface area contributed by atoms with Crippen LogP contribution in [0.2, 0.25) is 5.02 Å². The average Bonchev–Trinajstić information content (AvgIpc) is 3.66. The standard InChI is InChI=1S/C30H28ClN5O7/c1-34-28(40)19-6-5-18(12-24(19)36(34)29(41)42)32-27(39)23(7-10-43-2)35-15-22-21(13-25(35)37)20-11-17(31)4-3-16(20)14-30(8-9-30)33-26(22)38/h3-6,11-13,15,23H,7-10,14H2,1-2H3,(H,32,39)(H,33,38)(H,41,42). The summed E-state index contributed by atoms with van der Waals surface area (Å²) in [5.74, 6) is -0.939. The van der Waals surface area contributed by atoms with Crippen molar-refractivity contribution in [2.75, 3.05) is 19.0 Å². The number of aromatic nitrogens is 3. The first-order valence-electron chi connectivity index (χ1n) is 13.6. The Bertz CT molecular complexity index is 1950. The summed E-state index contributed by atoms with van der Waals surface area (Å²) in [5.41, 5.74) is 1.27. The molecule has 2 amide bonds. The molecule has 43 heavy (non-hydrogen) atoms. The minimum atomic E-state index is -1.36. The molecule has 6 rings (SSSR count). The average molecular weight is 606 g/mol. The number of halogens is 1. The highest BCUT2D eigenvalue weighted by molar-refractivity contribution is 6.31. The minimum absolute atomic E-state index is 0.0903. The second-order valence-corrected chi connectivity index (χ2v) is 11.4. The van der Waals surface area contributed by atoms with Crippen molar-refractivity contribution in [2.45, 2.75) is 37.3 Å². The molecule has 12 nitrogen and oxygen atoms in total. The van der Waals surface area contributed by atoms with E-state index in [9.17, 15) is 29.1 Å². The Labute approximate surface area is 249 Å². The van der Waals surface area contributed by atoms with Gasteiger partial charge in [-0.05, 0) is 60.7 Å². The second kappa shape index (κ2) is 10.5. The molecule has 0 bridgehead atoms. The first kappa shape index (κ1) is 28.4. The monoisotopic (exact) mass is 605 g/mol. The molecule has 2 aliphatic rings. The molecule has 3 heterocycles. The van der Waals surface area contributed by atoms with Gasteiger partial charge in [0.05, 0.1) is 16.5 Å². The predicted octanol–water partition coefficient (Wildman–Crippen LogP) is 3.38. The largest absolute Gasteiger partial charge is 0.463 e. The summed E-state index contributed by atoms with van der Waals surface area (Å²) < 4.78 is 8.17. The molecule has 1 aliphatic heterocycles. The van der Waals surface area contributed by atoms with Gasteiger partial charge in [0.25, 0.3) is 17.0 Å². The third kappa shape index (κ3) is 5.02. The van der Waals surface area contributed by atoms with Gasteiger partial charge in [-0.25, -0.2) is 9.48 Å². The first-order valence-corrected chi connectivity index (χ1v) is 14.0. The number of fused-ring (bicyclic) bond motifs is 4. The molecule has 1 spiro atoms. The Morgan fingerprint density at radius 3 is 2.56 bits per heavy atom. The highest BCUT2D eigenvalue weighted by Crippen LogP contribution is 2.43. The van der Waals surface area contributed by atoms with E-state index in [2.05, 4.69) is 10.6 Å². The van der Waals surface area contributed by atoms with Gasteiger partial charge in [-0.2, -0.15) is 4.68 Å². The Balaban J connectivity index is 1.42. The van der Waals surface area contributed by atoms with Crippen molar-refractivity contribution in [3.05, 3.63) is 85.5 Å². The topological polar surface area (TPSA) is 154 Å². The maximum absolute atomic E-state index is 13.7. The minimum Gasteiger partial charge on any atom is -0.463 e. The molecule has 1 saturated carbocycles. The number of pyridine rings is 1. The van der Waals surface area contributed by atoms with Crippen molar-refractivity contribution in [1.29, 1.82) is 0 Å². The molecule has 0 saturated heterocycles. The zero-order valence-electron chi connectivity index (χ0n) is 23.3. The van der Waals surface area contributed by atoms with E-state index in [4.69, 9.17) is 16.3 Å². The number of hydrogen-bond donors (Lipinski definition) is 3. The number of carbonyl (C=O) groups is 3. The van der Waals surface area contributed by atoms with E-state index in [0.717, 1.165) is 27.8 Å². The van der Waals surface area contributed by atoms with E-state index < -0.39 is 29.2 Å². The van der Waals surface area contributed by atoms with E-state index in [-0.39, 0.29) is 46.6 Å². The summed E-state index contributed by atoms with van der Waals surface area (Å²) in [4.78, 5) is 65.1. The lowest BCUT2D eigenvalue weighted by molar-refractivity contribution is -0.119. The van der Waals surface area contributed by atoms with Crippen molar-refractivity contribution in [3.8, 4) is 11.1 Å². The summed E-state index contributed by atoms with van der Waals surface area (Å²) in [5, 5.41) is 16.1. The highest BCUT2D eigenvalue weighted by atomic mass is 35.5. The van der Waals surface area contributed by atoms with E-state index in [1.165, 1.54) is 49.2 Å². The maximum Gasteiger partial charge on any atom is 0.431 e. The third-order valence-electron chi connectivity index (χ3n) is 8.18. The van der Waals surface area contributed by atoms with E-state index >= 15 is 0 Å². The number of ether oxygens (including phenoxy) is 1. The Kier molecular flexibility index (Phi) is 6.98. The molecule has 2 aromatic carbocycles. The molecular formula is C30H28ClN5O7. The van der Waals surface area contributed by atoms with Crippen molar-refractivity contribution < 1.29 is 24.2 Å². The molecule has 1 aliphatic carbocycles. The predicted molar refractivity (Wildman–Crippen MR) is 159 cm³/mol. The lowest BCUT2D eigenvalue weighted by Gasteiger charge is -2.26. The molecule has 0 radical (unpaired) electrons. The number of rotatable bonds is 6. The highest BCUT2D eigenvalue weighted by Gasteiger charge is 2.46. The fourth-order valence-corrected chi connectivity index (χ4v) is 5.97. The van der Waals surface area contributed by atoms with Crippen LogP contribution in [0.25, 0.3) is 22.0 Å². The number of nitrogens with one attached hydrogen (secondary N) is 2. The number of hydrogen-bond acceptors (Lipinski definition) is 6. The fraction of sp³-hybridized carbons (Fsp3) is 0.300. The Morgan fingerprint density at radius 1 is 1.09 bits per heavy atom. The summed E-state index contributed by atoms with van der Waals surface area (Å²) in [6.07, 6.45) is 2.42. The van der Waals surface area contributed by atoms with Gasteiger partial charge in [0.2, 0.25) is 5.91 Å². The Morgan fingerprint density at radius 2 is 1.86 bits per heavy atom. The lowest BCUT2D eigenvalue weighted by Crippen LogP contribution is -2.41. The van der Waals surface area contributed by atoms with Crippen LogP contribution in [0.15, 0.2) is 58.3 Å². The molecule has 4 aromatic rings. The van der Waals surface area contributed by atoms with Gasteiger partial charge >= 0.3 is 6.09 Å². The maximum atomic E-state index is 13.7. The van der Waals surface area contributed by atoms with E-state index in [1.807, 2.05) is 6.07 Å². The van der Waals surface area contributed by atoms with Crippen LogP contribution in [0.5, 0.6) is 0 Å². The quantitative estimate of drug-likeness (QED) is 0.304. The number of anilines is 1. The number of amides is 2. The first-order chi connectivity index (χ1) is 20.5. The SMILES string of the molecule is COCCC(C(=O)Nc1ccc2c(=O)n(C)n(C(=O)O)c2c1)n1cc2c(cc1=O)-c1cc(Cl)ccc1CC1(CC1)NC2=O. The number of carbonyl (C=O) groups excluding carboxylic acids is 2. The summed E-state index contributed by atoms with van der Waals surface area (Å²) in [7, 11) is 2.80. The zero-order valence-corrected chi connectivity index (χ0v) is 24.1. The van der Waals surface area contributed by atoms with Gasteiger partial charge in [0, 0.05) is 61.3 Å². The lowest BCUT2D eigenvalue weighted by atomic mass is 9.89. The van der Waals surface area contributed by atoms with Crippen LogP contribution in [-0.4, -0.2) is 56.2 Å². The van der Waals surface area contributed by atoms with Crippen LogP contribution >= 0.6 is 11.6 Å². The van der Waals surface area contributed by atoms with Gasteiger partial charge < -0.3 is 25.0 Å². The third-order valence-corrected chi connectivity index (χ3v) is 8.42. The smallest absolute Gasteiger partial charge is 0.431 e. The van der Waals surface area contributed by atoms with Crippen molar-refractivity contribution >= 4 is 46.1 Å². The number of benzene rings is 2. The normalized spacial score (nSPS) is 15.7. The van der Waals surface area contributed by atoms with Crippen LogP contribution < -0.4 is 21.8 Å². The van der Waals surface area contributed by atoms with Crippen molar-refractivity contribution in [3.63, 3.8) is 0 Å². The van der Waals surface area contributed by atoms with Crippen LogP contribution in [0.3, 0.4) is 0 Å². The molecule has 1 unspecified atom stereocenters. The van der Waals surface area contributed by atoms with Gasteiger partial charge in [-0.15, -0.1) is 0 Å². The summed E-state index contributed by atoms with van der Waals surface area (Å²) in [6.45, 7) is 0.131. The second-order valence-electron chi connectivity index (χ2n) is 11.0. The van der Waals surface area contributed by atoms with Crippen LogP contribution in [-0.2, 0) is 23.0 Å². The van der Waals surface area contributed by atoms with Crippen LogP contribution in [0.1, 0.15) is 41.2 Å². The van der Waals surface area contributed by atoms with Gasteiger partial charge in [-0.3, -0.25) is 19.2 Å². The van der Waals surface area contributed by atoms with Crippen LogP contribution in [0.4, 0.5) is 10.5 Å². The number of methoxy groups -OCH3 is 1. The number of nitrogens with zero attached hydrogens (tertiary/aromatic N) is 3. The van der Waals surface area contributed by atoms with Gasteiger partial charge in [0.1, 0.15) is 6.04 Å². The van der Waals surface area contributed by atoms with Crippen molar-refractivity contribution in [1.82, 2.24) is 19.2 Å². The van der Waals surface area contributed by atoms with Gasteiger partial charge in [-0.1, -0.05) is 17.7 Å². The Hall–Kier alpha value is -4.68. The van der Waals surface area contributed by atoms with Crippen molar-refractivity contribution in [2.24, 2.45) is 7.05 Å². The molecular weight excluding hydrogens is 578 g/mol. The molecule has 3 N–H and O–H groups in total. The van der Waals surface area contributed by atoms with E-state index in [0.29, 0.717) is 22.6 Å². The molecule has 1 fully saturated rings. The summed E-state index contributed by atoms with van der Waals surface area (Å²) >= 11 is 6.33. The molecule has 222 valence electrons. The van der Waals surface area contributed by atoms with Crippen LogP contribution in [0, 0.1) is 0 Å². The summed E-state index contributed by atoms with van der Waals surface area (Å²) in [6, 6.07) is 9.99. The molecule has 2 aromatic heterocycles. The molecule has 1 atom stereocenters.